The lowest BCUT2D eigenvalue weighted by Gasteiger charge is -2.12. The average molecular weight is 418 g/mol. The van der Waals surface area contributed by atoms with E-state index in [1.54, 1.807) is 18.2 Å². The van der Waals surface area contributed by atoms with E-state index in [1.807, 2.05) is 30.3 Å². The second-order valence-corrected chi connectivity index (χ2v) is 7.42. The number of carbonyl (C=O) groups excluding carboxylic acids is 2. The van der Waals surface area contributed by atoms with Crippen LogP contribution in [0.25, 0.3) is 6.08 Å². The molecule has 7 heteroatoms. The Labute approximate surface area is 156 Å². The van der Waals surface area contributed by atoms with Crippen LogP contribution in [0.4, 0.5) is 4.79 Å². The number of ether oxygens (including phenoxy) is 2. The number of halogens is 1. The van der Waals surface area contributed by atoms with Crippen LogP contribution >= 0.6 is 27.7 Å². The van der Waals surface area contributed by atoms with Crippen LogP contribution in [0.3, 0.4) is 0 Å². The molecule has 0 unspecified atom stereocenters. The van der Waals surface area contributed by atoms with Crippen molar-refractivity contribution < 1.29 is 19.1 Å². The Morgan fingerprint density at radius 2 is 1.84 bits per heavy atom. The highest BCUT2D eigenvalue weighted by molar-refractivity contribution is 9.10. The van der Waals surface area contributed by atoms with Gasteiger partial charge in [-0.3, -0.25) is 14.5 Å². The Hall–Kier alpha value is -2.25. The van der Waals surface area contributed by atoms with Gasteiger partial charge < -0.3 is 9.47 Å². The van der Waals surface area contributed by atoms with Crippen molar-refractivity contribution in [2.24, 2.45) is 0 Å². The van der Waals surface area contributed by atoms with Crippen molar-refractivity contribution in [1.82, 2.24) is 4.90 Å². The summed E-state index contributed by atoms with van der Waals surface area (Å²) in [5.41, 5.74) is 1.69. The van der Waals surface area contributed by atoms with Gasteiger partial charge in [0.1, 0.15) is 0 Å². The van der Waals surface area contributed by atoms with Gasteiger partial charge in [-0.1, -0.05) is 34.1 Å². The minimum Gasteiger partial charge on any atom is -0.454 e. The van der Waals surface area contributed by atoms with Crippen molar-refractivity contribution in [1.29, 1.82) is 0 Å². The van der Waals surface area contributed by atoms with Crippen LogP contribution < -0.4 is 9.47 Å². The maximum absolute atomic E-state index is 12.6. The molecular weight excluding hydrogens is 406 g/mol. The molecule has 5 nitrogen and oxygen atoms in total. The second-order valence-electron chi connectivity index (χ2n) is 5.51. The SMILES string of the molecule is O=C1SC(=Cc2ccc3c(c2)OCO3)C(=O)N1Cc1ccc(Br)cc1. The minimum atomic E-state index is -0.282. The van der Waals surface area contributed by atoms with Crippen LogP contribution in [0, 0.1) is 0 Å². The number of nitrogens with zero attached hydrogens (tertiary/aromatic N) is 1. The maximum atomic E-state index is 12.6. The molecular formula is C18H12BrNO4S. The number of thioether (sulfide) groups is 1. The molecule has 2 aromatic carbocycles. The molecule has 0 saturated carbocycles. The zero-order valence-electron chi connectivity index (χ0n) is 12.9. The lowest BCUT2D eigenvalue weighted by Crippen LogP contribution is -2.27. The molecule has 126 valence electrons. The van der Waals surface area contributed by atoms with Gasteiger partial charge in [0.05, 0.1) is 11.4 Å². The van der Waals surface area contributed by atoms with E-state index in [9.17, 15) is 9.59 Å². The molecule has 2 heterocycles. The molecule has 1 saturated heterocycles. The van der Waals surface area contributed by atoms with E-state index in [0.717, 1.165) is 27.4 Å². The number of rotatable bonds is 3. The smallest absolute Gasteiger partial charge is 0.293 e. The van der Waals surface area contributed by atoms with Crippen LogP contribution in [-0.2, 0) is 11.3 Å². The number of benzene rings is 2. The summed E-state index contributed by atoms with van der Waals surface area (Å²) in [7, 11) is 0. The summed E-state index contributed by atoms with van der Waals surface area (Å²) in [6.07, 6.45) is 1.70. The molecule has 4 rings (SSSR count). The largest absolute Gasteiger partial charge is 0.454 e. The zero-order chi connectivity index (χ0) is 17.4. The summed E-state index contributed by atoms with van der Waals surface area (Å²) in [6, 6.07) is 13.0. The van der Waals surface area contributed by atoms with Gasteiger partial charge in [0.2, 0.25) is 6.79 Å². The Morgan fingerprint density at radius 1 is 1.08 bits per heavy atom. The van der Waals surface area contributed by atoms with Crippen LogP contribution in [0.2, 0.25) is 0 Å². The van der Waals surface area contributed by atoms with Gasteiger partial charge in [0.25, 0.3) is 11.1 Å². The maximum Gasteiger partial charge on any atom is 0.293 e. The first-order valence-electron chi connectivity index (χ1n) is 7.49. The summed E-state index contributed by atoms with van der Waals surface area (Å²) in [5, 5.41) is -0.264. The topological polar surface area (TPSA) is 55.8 Å². The third-order valence-corrected chi connectivity index (χ3v) is 5.26. The Morgan fingerprint density at radius 3 is 2.64 bits per heavy atom. The van der Waals surface area contributed by atoms with E-state index >= 15 is 0 Å². The molecule has 2 aromatic rings. The Balaban J connectivity index is 1.55. The monoisotopic (exact) mass is 417 g/mol. The lowest BCUT2D eigenvalue weighted by atomic mass is 10.2. The van der Waals surface area contributed by atoms with E-state index in [4.69, 9.17) is 9.47 Å². The summed E-state index contributed by atoms with van der Waals surface area (Å²) in [4.78, 5) is 26.5. The highest BCUT2D eigenvalue weighted by Gasteiger charge is 2.35. The van der Waals surface area contributed by atoms with Gasteiger partial charge in [0.15, 0.2) is 11.5 Å². The summed E-state index contributed by atoms with van der Waals surface area (Å²) < 4.78 is 11.6. The van der Waals surface area contributed by atoms with Crippen molar-refractivity contribution in [2.45, 2.75) is 6.54 Å². The third-order valence-electron chi connectivity index (χ3n) is 3.82. The molecule has 0 aromatic heterocycles. The molecule has 2 aliphatic heterocycles. The molecule has 0 radical (unpaired) electrons. The number of amides is 2. The quantitative estimate of drug-likeness (QED) is 0.692. The minimum absolute atomic E-state index is 0.197. The highest BCUT2D eigenvalue weighted by Crippen LogP contribution is 2.36. The van der Waals surface area contributed by atoms with Crippen LogP contribution in [0.15, 0.2) is 51.8 Å². The Kier molecular flexibility index (Phi) is 4.27. The average Bonchev–Trinajstić information content (AvgIpc) is 3.16. The van der Waals surface area contributed by atoms with E-state index in [2.05, 4.69) is 15.9 Å². The van der Waals surface area contributed by atoms with Gasteiger partial charge in [-0.25, -0.2) is 0 Å². The summed E-state index contributed by atoms with van der Waals surface area (Å²) in [6.45, 7) is 0.457. The Bertz CT molecular complexity index is 894. The third kappa shape index (κ3) is 3.29. The number of carbonyl (C=O) groups is 2. The molecule has 2 amide bonds. The first kappa shape index (κ1) is 16.2. The molecule has 0 N–H and O–H groups in total. The van der Waals surface area contributed by atoms with Crippen molar-refractivity contribution in [3.05, 3.63) is 63.0 Å². The first-order chi connectivity index (χ1) is 12.1. The van der Waals surface area contributed by atoms with E-state index in [-0.39, 0.29) is 24.5 Å². The number of fused-ring (bicyclic) bond motifs is 1. The van der Waals surface area contributed by atoms with Crippen molar-refractivity contribution in [3.8, 4) is 11.5 Å². The van der Waals surface area contributed by atoms with Gasteiger partial charge >= 0.3 is 0 Å². The molecule has 0 atom stereocenters. The van der Waals surface area contributed by atoms with Crippen molar-refractivity contribution in [2.75, 3.05) is 6.79 Å². The van der Waals surface area contributed by atoms with E-state index in [0.29, 0.717) is 16.4 Å². The predicted molar refractivity (Wildman–Crippen MR) is 98.2 cm³/mol. The summed E-state index contributed by atoms with van der Waals surface area (Å²) in [5.74, 6) is 1.04. The fraction of sp³-hybridized carbons (Fsp3) is 0.111. The standard InChI is InChI=1S/C18H12BrNO4S/c19-13-4-1-11(2-5-13)9-20-17(21)16(25-18(20)22)8-12-3-6-14-15(7-12)24-10-23-14/h1-8H,9-10H2. The van der Waals surface area contributed by atoms with Crippen molar-refractivity contribution >= 4 is 44.9 Å². The lowest BCUT2D eigenvalue weighted by molar-refractivity contribution is -0.123. The van der Waals surface area contributed by atoms with Crippen LogP contribution in [-0.4, -0.2) is 22.8 Å². The van der Waals surface area contributed by atoms with Gasteiger partial charge in [-0.2, -0.15) is 0 Å². The molecule has 25 heavy (non-hydrogen) atoms. The van der Waals surface area contributed by atoms with E-state index < -0.39 is 0 Å². The van der Waals surface area contributed by atoms with E-state index in [1.165, 1.54) is 4.90 Å². The normalized spacial score (nSPS) is 17.6. The number of hydrogen-bond acceptors (Lipinski definition) is 5. The van der Waals surface area contributed by atoms with Gasteiger partial charge in [-0.15, -0.1) is 0 Å². The fourth-order valence-corrected chi connectivity index (χ4v) is 3.67. The first-order valence-corrected chi connectivity index (χ1v) is 9.10. The second kappa shape index (κ2) is 6.57. The highest BCUT2D eigenvalue weighted by atomic mass is 79.9. The fourth-order valence-electron chi connectivity index (χ4n) is 2.56. The number of imide groups is 1. The zero-order valence-corrected chi connectivity index (χ0v) is 15.3. The van der Waals surface area contributed by atoms with Crippen LogP contribution in [0.5, 0.6) is 11.5 Å². The molecule has 2 aliphatic rings. The van der Waals surface area contributed by atoms with Crippen LogP contribution in [0.1, 0.15) is 11.1 Å². The number of hydrogen-bond donors (Lipinski definition) is 0. The van der Waals surface area contributed by atoms with Crippen molar-refractivity contribution in [3.63, 3.8) is 0 Å². The molecule has 0 spiro atoms. The molecule has 0 bridgehead atoms. The molecule has 0 aliphatic carbocycles. The predicted octanol–water partition coefficient (Wildman–Crippen LogP) is 4.41. The summed E-state index contributed by atoms with van der Waals surface area (Å²) >= 11 is 4.32. The molecule has 1 fully saturated rings. The van der Waals surface area contributed by atoms with Gasteiger partial charge in [0, 0.05) is 4.47 Å². The van der Waals surface area contributed by atoms with Gasteiger partial charge in [-0.05, 0) is 53.2 Å².